The van der Waals surface area contributed by atoms with Gasteiger partial charge in [-0.3, -0.25) is 9.69 Å². The third-order valence-electron chi connectivity index (χ3n) is 2.25. The number of hydrogen-bond donors (Lipinski definition) is 0. The number of ether oxygens (including phenoxy) is 1. The van der Waals surface area contributed by atoms with Crippen molar-refractivity contribution >= 4 is 5.97 Å². The van der Waals surface area contributed by atoms with Crippen molar-refractivity contribution in [3.63, 3.8) is 0 Å². The monoisotopic (exact) mass is 193 g/mol. The van der Waals surface area contributed by atoms with E-state index >= 15 is 0 Å². The summed E-state index contributed by atoms with van der Waals surface area (Å²) in [5, 5.41) is 0. The highest BCUT2D eigenvalue weighted by molar-refractivity contribution is 5.76. The predicted molar refractivity (Wildman–Crippen MR) is 42.6 cm³/mol. The average molecular weight is 193 g/mol. The van der Waals surface area contributed by atoms with Crippen LogP contribution >= 0.6 is 0 Å². The van der Waals surface area contributed by atoms with Gasteiger partial charge in [0.1, 0.15) is 6.04 Å². The van der Waals surface area contributed by atoms with E-state index in [4.69, 9.17) is 0 Å². The first-order valence-corrected chi connectivity index (χ1v) is 4.20. The Balaban J connectivity index is 2.69. The molecule has 0 aromatic rings. The molecular weight excluding hydrogens is 180 g/mol. The zero-order valence-electron chi connectivity index (χ0n) is 7.72. The number of alkyl halides is 2. The van der Waals surface area contributed by atoms with Gasteiger partial charge in [-0.05, 0) is 6.54 Å². The third kappa shape index (κ3) is 2.15. The molecule has 0 amide bonds. The Morgan fingerprint density at radius 3 is 2.77 bits per heavy atom. The number of rotatable bonds is 2. The lowest BCUT2D eigenvalue weighted by molar-refractivity contribution is -0.146. The minimum Gasteiger partial charge on any atom is -0.468 e. The van der Waals surface area contributed by atoms with Crippen LogP contribution in [0.5, 0.6) is 0 Å². The van der Waals surface area contributed by atoms with Gasteiger partial charge in [-0.2, -0.15) is 0 Å². The first kappa shape index (κ1) is 10.4. The normalized spacial score (nSPS) is 27.5. The van der Waals surface area contributed by atoms with Gasteiger partial charge in [0.25, 0.3) is 5.92 Å². The number of carbonyl (C=O) groups is 1. The largest absolute Gasteiger partial charge is 0.468 e. The number of nitrogens with zero attached hydrogens (tertiary/aromatic N) is 1. The molecule has 1 aliphatic rings. The molecule has 0 N–H and O–H groups in total. The number of methoxy groups -OCH3 is 1. The van der Waals surface area contributed by atoms with E-state index in [1.165, 1.54) is 12.0 Å². The molecule has 1 heterocycles. The molecule has 0 saturated carbocycles. The second-order valence-corrected chi connectivity index (χ2v) is 3.16. The van der Waals surface area contributed by atoms with Crippen LogP contribution < -0.4 is 0 Å². The zero-order chi connectivity index (χ0) is 10.1. The van der Waals surface area contributed by atoms with Gasteiger partial charge >= 0.3 is 5.97 Å². The Kier molecular flexibility index (Phi) is 2.85. The van der Waals surface area contributed by atoms with Crippen LogP contribution in [0.25, 0.3) is 0 Å². The van der Waals surface area contributed by atoms with Gasteiger partial charge in [-0.15, -0.1) is 0 Å². The molecule has 5 heteroatoms. The maximum absolute atomic E-state index is 12.9. The van der Waals surface area contributed by atoms with Gasteiger partial charge in [0.15, 0.2) is 0 Å². The summed E-state index contributed by atoms with van der Waals surface area (Å²) in [6.45, 7) is 1.84. The summed E-state index contributed by atoms with van der Waals surface area (Å²) < 4.78 is 30.2. The van der Waals surface area contributed by atoms with E-state index in [1.54, 1.807) is 6.92 Å². The highest BCUT2D eigenvalue weighted by Crippen LogP contribution is 2.32. The van der Waals surface area contributed by atoms with Crippen LogP contribution in [-0.4, -0.2) is 43.0 Å². The Labute approximate surface area is 75.7 Å². The molecule has 0 aromatic heterocycles. The molecule has 0 spiro atoms. The summed E-state index contributed by atoms with van der Waals surface area (Å²) in [7, 11) is 1.21. The van der Waals surface area contributed by atoms with Crippen molar-refractivity contribution in [2.45, 2.75) is 25.3 Å². The van der Waals surface area contributed by atoms with Gasteiger partial charge < -0.3 is 4.74 Å². The SMILES string of the molecule is CCN1CC(F)(F)CC1C(=O)OC. The summed E-state index contributed by atoms with van der Waals surface area (Å²) in [5.41, 5.74) is 0. The maximum Gasteiger partial charge on any atom is 0.323 e. The molecule has 0 aliphatic carbocycles. The fourth-order valence-corrected chi connectivity index (χ4v) is 1.58. The van der Waals surface area contributed by atoms with Crippen molar-refractivity contribution in [1.82, 2.24) is 4.90 Å². The summed E-state index contributed by atoms with van der Waals surface area (Å²) in [4.78, 5) is 12.5. The van der Waals surface area contributed by atoms with Crippen LogP contribution in [0.3, 0.4) is 0 Å². The van der Waals surface area contributed by atoms with E-state index in [2.05, 4.69) is 4.74 Å². The number of likely N-dealkylation sites (N-methyl/N-ethyl adjacent to an activating group) is 1. The quantitative estimate of drug-likeness (QED) is 0.610. The van der Waals surface area contributed by atoms with Crippen molar-refractivity contribution in [2.75, 3.05) is 20.2 Å². The fourth-order valence-electron chi connectivity index (χ4n) is 1.58. The van der Waals surface area contributed by atoms with Crippen LogP contribution in [0.1, 0.15) is 13.3 Å². The Morgan fingerprint density at radius 2 is 2.31 bits per heavy atom. The molecule has 3 nitrogen and oxygen atoms in total. The number of likely N-dealkylation sites (tertiary alicyclic amines) is 1. The smallest absolute Gasteiger partial charge is 0.323 e. The van der Waals surface area contributed by atoms with Crippen LogP contribution in [0, 0.1) is 0 Å². The van der Waals surface area contributed by atoms with Gasteiger partial charge in [0.2, 0.25) is 0 Å². The maximum atomic E-state index is 12.9. The first-order valence-electron chi connectivity index (χ1n) is 4.20. The second kappa shape index (κ2) is 3.57. The lowest BCUT2D eigenvalue weighted by Crippen LogP contribution is -2.36. The van der Waals surface area contributed by atoms with E-state index in [0.717, 1.165) is 0 Å². The third-order valence-corrected chi connectivity index (χ3v) is 2.25. The van der Waals surface area contributed by atoms with Crippen molar-refractivity contribution in [3.8, 4) is 0 Å². The van der Waals surface area contributed by atoms with E-state index in [1.807, 2.05) is 0 Å². The first-order chi connectivity index (χ1) is 6.00. The average Bonchev–Trinajstić information content (AvgIpc) is 2.39. The molecular formula is C8H13F2NO2. The second-order valence-electron chi connectivity index (χ2n) is 3.16. The Hall–Kier alpha value is -0.710. The standard InChI is InChI=1S/C8H13F2NO2/c1-3-11-5-8(9,10)4-6(11)7(12)13-2/h6H,3-5H2,1-2H3. The van der Waals surface area contributed by atoms with Crippen LogP contribution in [0.2, 0.25) is 0 Å². The van der Waals surface area contributed by atoms with E-state index < -0.39 is 24.4 Å². The molecule has 1 fully saturated rings. The minimum absolute atomic E-state index is 0.344. The van der Waals surface area contributed by atoms with E-state index in [9.17, 15) is 13.6 Å². The van der Waals surface area contributed by atoms with Crippen LogP contribution in [-0.2, 0) is 9.53 Å². The minimum atomic E-state index is -2.76. The summed E-state index contributed by atoms with van der Waals surface area (Å²) in [5.74, 6) is -3.33. The molecule has 0 aromatic carbocycles. The highest BCUT2D eigenvalue weighted by Gasteiger charge is 2.47. The van der Waals surface area contributed by atoms with Crippen molar-refractivity contribution in [1.29, 1.82) is 0 Å². The lowest BCUT2D eigenvalue weighted by atomic mass is 10.2. The van der Waals surface area contributed by atoms with Gasteiger partial charge in [0, 0.05) is 6.42 Å². The molecule has 0 bridgehead atoms. The summed E-state index contributed by atoms with van der Waals surface area (Å²) in [6, 6.07) is -0.773. The molecule has 0 radical (unpaired) electrons. The molecule has 1 aliphatic heterocycles. The molecule has 13 heavy (non-hydrogen) atoms. The van der Waals surface area contributed by atoms with Gasteiger partial charge in [0.05, 0.1) is 13.7 Å². The molecule has 1 atom stereocenters. The molecule has 1 rings (SSSR count). The Morgan fingerprint density at radius 1 is 1.69 bits per heavy atom. The van der Waals surface area contributed by atoms with E-state index in [-0.39, 0.29) is 6.54 Å². The summed E-state index contributed by atoms with van der Waals surface area (Å²) >= 11 is 0. The Bertz CT molecular complexity index is 208. The fraction of sp³-hybridized carbons (Fsp3) is 0.875. The van der Waals surface area contributed by atoms with E-state index in [0.29, 0.717) is 6.54 Å². The van der Waals surface area contributed by atoms with Crippen molar-refractivity contribution in [3.05, 3.63) is 0 Å². The number of carbonyl (C=O) groups excluding carboxylic acids is 1. The highest BCUT2D eigenvalue weighted by atomic mass is 19.3. The van der Waals surface area contributed by atoms with Crippen molar-refractivity contribution < 1.29 is 18.3 Å². The van der Waals surface area contributed by atoms with Gasteiger partial charge in [-0.1, -0.05) is 6.92 Å². The van der Waals surface area contributed by atoms with Crippen molar-refractivity contribution in [2.24, 2.45) is 0 Å². The molecule has 76 valence electrons. The number of hydrogen-bond acceptors (Lipinski definition) is 3. The topological polar surface area (TPSA) is 29.5 Å². The number of halogens is 2. The number of esters is 1. The zero-order valence-corrected chi connectivity index (χ0v) is 7.72. The van der Waals surface area contributed by atoms with Crippen LogP contribution in [0.4, 0.5) is 8.78 Å². The predicted octanol–water partition coefficient (Wildman–Crippen LogP) is 0.889. The van der Waals surface area contributed by atoms with Crippen LogP contribution in [0.15, 0.2) is 0 Å². The summed E-state index contributed by atoms with van der Waals surface area (Å²) in [6.07, 6.45) is -0.423. The molecule has 1 unspecified atom stereocenters. The lowest BCUT2D eigenvalue weighted by Gasteiger charge is -2.18. The molecule has 1 saturated heterocycles. The van der Waals surface area contributed by atoms with Gasteiger partial charge in [-0.25, -0.2) is 8.78 Å².